The van der Waals surface area contributed by atoms with Crippen LogP contribution < -0.4 is 4.72 Å². The van der Waals surface area contributed by atoms with Crippen LogP contribution in [0, 0.1) is 0 Å². The second-order valence-corrected chi connectivity index (χ2v) is 6.44. The Morgan fingerprint density at radius 3 is 2.41 bits per heavy atom. The first-order valence-corrected chi connectivity index (χ1v) is 7.82. The van der Waals surface area contributed by atoms with Crippen molar-refractivity contribution in [3.63, 3.8) is 0 Å². The van der Waals surface area contributed by atoms with Crippen LogP contribution in [0.2, 0.25) is 5.02 Å². The molecule has 1 rings (SSSR count). The van der Waals surface area contributed by atoms with Gasteiger partial charge in [-0.2, -0.15) is 0 Å². The minimum atomic E-state index is -3.27. The van der Waals surface area contributed by atoms with Gasteiger partial charge in [0, 0.05) is 16.9 Å². The third-order valence-corrected chi connectivity index (χ3v) is 4.33. The first-order valence-electron chi connectivity index (χ1n) is 5.26. The number of rotatable bonds is 6. The van der Waals surface area contributed by atoms with Gasteiger partial charge in [0.1, 0.15) is 0 Å². The molecule has 96 valence electrons. The van der Waals surface area contributed by atoms with Crippen molar-refractivity contribution in [2.75, 3.05) is 11.6 Å². The minimum Gasteiger partial charge on any atom is -0.212 e. The average molecular weight is 296 g/mol. The summed E-state index contributed by atoms with van der Waals surface area (Å²) in [5.41, 5.74) is 0.879. The van der Waals surface area contributed by atoms with Gasteiger partial charge in [0.15, 0.2) is 0 Å². The lowest BCUT2D eigenvalue weighted by Crippen LogP contribution is -2.29. The molecule has 0 aliphatic heterocycles. The lowest BCUT2D eigenvalue weighted by Gasteiger charge is -2.14. The highest BCUT2D eigenvalue weighted by Crippen LogP contribution is 2.16. The second-order valence-electron chi connectivity index (χ2n) is 3.75. The number of halogens is 2. The Bertz CT molecular complexity index is 445. The highest BCUT2D eigenvalue weighted by molar-refractivity contribution is 7.89. The Labute approximate surface area is 112 Å². The average Bonchev–Trinajstić information content (AvgIpc) is 2.26. The van der Waals surface area contributed by atoms with E-state index in [0.717, 1.165) is 5.56 Å². The van der Waals surface area contributed by atoms with Crippen LogP contribution in [0.5, 0.6) is 0 Å². The van der Waals surface area contributed by atoms with Crippen LogP contribution in [0.1, 0.15) is 24.9 Å². The summed E-state index contributed by atoms with van der Waals surface area (Å²) in [4.78, 5) is 0. The molecule has 6 heteroatoms. The molecule has 0 radical (unpaired) electrons. The fraction of sp³-hybridized carbons (Fsp3) is 0.455. The van der Waals surface area contributed by atoms with E-state index in [-0.39, 0.29) is 11.8 Å². The molecule has 1 aromatic rings. The summed E-state index contributed by atoms with van der Waals surface area (Å²) in [5, 5.41) is 0.631. The molecule has 1 atom stereocenters. The van der Waals surface area contributed by atoms with Crippen LogP contribution in [-0.4, -0.2) is 20.1 Å². The van der Waals surface area contributed by atoms with Gasteiger partial charge in [-0.15, -0.1) is 11.6 Å². The van der Waals surface area contributed by atoms with E-state index in [1.807, 2.05) is 0 Å². The Kier molecular flexibility index (Phi) is 5.73. The topological polar surface area (TPSA) is 46.2 Å². The van der Waals surface area contributed by atoms with Gasteiger partial charge in [-0.1, -0.05) is 23.7 Å². The predicted molar refractivity (Wildman–Crippen MR) is 72.1 cm³/mol. The molecule has 17 heavy (non-hydrogen) atoms. The van der Waals surface area contributed by atoms with E-state index in [0.29, 0.717) is 17.3 Å². The normalized spacial score (nSPS) is 13.6. The second kappa shape index (κ2) is 6.59. The van der Waals surface area contributed by atoms with Crippen molar-refractivity contribution in [1.29, 1.82) is 0 Å². The van der Waals surface area contributed by atoms with Gasteiger partial charge in [-0.25, -0.2) is 13.1 Å². The van der Waals surface area contributed by atoms with Crippen molar-refractivity contribution in [3.8, 4) is 0 Å². The minimum absolute atomic E-state index is 0.0500. The van der Waals surface area contributed by atoms with Gasteiger partial charge in [0.2, 0.25) is 10.0 Å². The summed E-state index contributed by atoms with van der Waals surface area (Å²) in [6.07, 6.45) is 0.449. The van der Waals surface area contributed by atoms with Gasteiger partial charge in [-0.05, 0) is 31.0 Å². The lowest BCUT2D eigenvalue weighted by atomic mass is 10.1. The van der Waals surface area contributed by atoms with Gasteiger partial charge in [0.05, 0.1) is 5.75 Å². The van der Waals surface area contributed by atoms with Crippen molar-refractivity contribution >= 4 is 33.2 Å². The van der Waals surface area contributed by atoms with Gasteiger partial charge in [0.25, 0.3) is 0 Å². The SMILES string of the molecule is C[C@H](NS(=O)(=O)CCCCl)c1ccc(Cl)cc1. The van der Waals surface area contributed by atoms with Crippen LogP contribution in [0.25, 0.3) is 0 Å². The van der Waals surface area contributed by atoms with E-state index in [2.05, 4.69) is 4.72 Å². The lowest BCUT2D eigenvalue weighted by molar-refractivity contribution is 0.566. The van der Waals surface area contributed by atoms with Gasteiger partial charge in [-0.3, -0.25) is 0 Å². The van der Waals surface area contributed by atoms with E-state index in [4.69, 9.17) is 23.2 Å². The molecule has 1 N–H and O–H groups in total. The summed E-state index contributed by atoms with van der Waals surface area (Å²) in [5.74, 6) is 0.394. The molecule has 0 amide bonds. The zero-order valence-electron chi connectivity index (χ0n) is 9.49. The fourth-order valence-electron chi connectivity index (χ4n) is 1.39. The number of alkyl halides is 1. The molecular formula is C11H15Cl2NO2S. The zero-order chi connectivity index (χ0) is 12.9. The fourth-order valence-corrected chi connectivity index (χ4v) is 3.13. The Hall–Kier alpha value is -0.290. The summed E-state index contributed by atoms with van der Waals surface area (Å²) < 4.78 is 25.9. The maximum absolute atomic E-state index is 11.6. The monoisotopic (exact) mass is 295 g/mol. The highest BCUT2D eigenvalue weighted by atomic mass is 35.5. The number of sulfonamides is 1. The molecule has 0 spiro atoms. The smallest absolute Gasteiger partial charge is 0.212 e. The first kappa shape index (κ1) is 14.8. The van der Waals surface area contributed by atoms with Crippen LogP contribution in [-0.2, 0) is 10.0 Å². The Morgan fingerprint density at radius 2 is 1.88 bits per heavy atom. The van der Waals surface area contributed by atoms with Crippen molar-refractivity contribution in [3.05, 3.63) is 34.9 Å². The predicted octanol–water partition coefficient (Wildman–Crippen LogP) is 2.95. The summed E-state index contributed by atoms with van der Waals surface area (Å²) in [6.45, 7) is 1.79. The number of hydrogen-bond acceptors (Lipinski definition) is 2. The molecule has 3 nitrogen and oxygen atoms in total. The van der Waals surface area contributed by atoms with E-state index in [1.165, 1.54) is 0 Å². The zero-order valence-corrected chi connectivity index (χ0v) is 11.8. The molecule has 0 aliphatic carbocycles. The van der Waals surface area contributed by atoms with Crippen molar-refractivity contribution in [2.24, 2.45) is 0 Å². The Morgan fingerprint density at radius 1 is 1.29 bits per heavy atom. The Balaban J connectivity index is 2.65. The largest absolute Gasteiger partial charge is 0.212 e. The molecule has 1 aromatic carbocycles. The van der Waals surface area contributed by atoms with E-state index >= 15 is 0 Å². The molecule has 0 unspecified atom stereocenters. The third kappa shape index (κ3) is 5.25. The molecule has 0 fully saturated rings. The van der Waals surface area contributed by atoms with Crippen LogP contribution in [0.15, 0.2) is 24.3 Å². The van der Waals surface area contributed by atoms with Crippen LogP contribution in [0.4, 0.5) is 0 Å². The molecule has 0 saturated heterocycles. The molecule has 0 saturated carbocycles. The van der Waals surface area contributed by atoms with E-state index in [1.54, 1.807) is 31.2 Å². The summed E-state index contributed by atoms with van der Waals surface area (Å²) in [6, 6.07) is 6.81. The van der Waals surface area contributed by atoms with E-state index in [9.17, 15) is 8.42 Å². The maximum Gasteiger partial charge on any atom is 0.212 e. The number of nitrogens with one attached hydrogen (secondary N) is 1. The van der Waals surface area contributed by atoms with Crippen molar-refractivity contribution in [2.45, 2.75) is 19.4 Å². The molecule has 0 aromatic heterocycles. The first-order chi connectivity index (χ1) is 7.94. The van der Waals surface area contributed by atoms with E-state index < -0.39 is 10.0 Å². The van der Waals surface area contributed by atoms with Crippen molar-refractivity contribution in [1.82, 2.24) is 4.72 Å². The van der Waals surface area contributed by atoms with Gasteiger partial charge >= 0.3 is 0 Å². The van der Waals surface area contributed by atoms with Crippen LogP contribution >= 0.6 is 23.2 Å². The molecular weight excluding hydrogens is 281 g/mol. The van der Waals surface area contributed by atoms with Gasteiger partial charge < -0.3 is 0 Å². The quantitative estimate of drug-likeness (QED) is 0.820. The van der Waals surface area contributed by atoms with Crippen molar-refractivity contribution < 1.29 is 8.42 Å². The number of benzene rings is 1. The highest BCUT2D eigenvalue weighted by Gasteiger charge is 2.15. The standard InChI is InChI=1S/C11H15Cl2NO2S/c1-9(10-3-5-11(13)6-4-10)14-17(15,16)8-2-7-12/h3-6,9,14H,2,7-8H2,1H3/t9-/m0/s1. The molecule has 0 bridgehead atoms. The third-order valence-electron chi connectivity index (χ3n) is 2.27. The maximum atomic E-state index is 11.6. The van der Waals surface area contributed by atoms with Crippen LogP contribution in [0.3, 0.4) is 0 Å². The number of hydrogen-bond donors (Lipinski definition) is 1. The molecule has 0 heterocycles. The molecule has 0 aliphatic rings. The summed E-state index contributed by atoms with van der Waals surface area (Å²) >= 11 is 11.2. The summed E-state index contributed by atoms with van der Waals surface area (Å²) in [7, 11) is -3.27.